The third kappa shape index (κ3) is 8.25. The highest BCUT2D eigenvalue weighted by Crippen LogP contribution is 2.47. The Balaban J connectivity index is 1.28. The van der Waals surface area contributed by atoms with Crippen molar-refractivity contribution in [1.29, 1.82) is 0 Å². The number of rotatable bonds is 16. The van der Waals surface area contributed by atoms with Gasteiger partial charge in [0.15, 0.2) is 6.23 Å². The maximum Gasteiger partial charge on any atom is 0.330 e. The second-order valence-electron chi connectivity index (χ2n) is 15.0. The number of benzene rings is 6. The Labute approximate surface area is 364 Å². The first-order valence-electron chi connectivity index (χ1n) is 20.4. The van der Waals surface area contributed by atoms with Gasteiger partial charge in [0.1, 0.15) is 52.5 Å². The van der Waals surface area contributed by atoms with E-state index in [9.17, 15) is 14.7 Å². The van der Waals surface area contributed by atoms with Gasteiger partial charge in [-0.3, -0.25) is 14.3 Å². The Bertz CT molecular complexity index is 2590. The van der Waals surface area contributed by atoms with Gasteiger partial charge in [0, 0.05) is 12.3 Å². The molecule has 8 rings (SSSR count). The predicted octanol–water partition coefficient (Wildman–Crippen LogP) is 7.22. The summed E-state index contributed by atoms with van der Waals surface area (Å²) in [7, 11) is 6.40. The molecule has 6 aromatic carbocycles. The van der Waals surface area contributed by atoms with Crippen LogP contribution in [0, 0.1) is 0 Å². The van der Waals surface area contributed by atoms with E-state index in [1.165, 1.54) is 16.8 Å². The van der Waals surface area contributed by atoms with E-state index in [0.29, 0.717) is 34.1 Å². The van der Waals surface area contributed by atoms with Crippen LogP contribution in [0.15, 0.2) is 180 Å². The Morgan fingerprint density at radius 1 is 0.540 bits per heavy atom. The minimum atomic E-state index is -1.42. The van der Waals surface area contributed by atoms with Gasteiger partial charge in [0.05, 0.1) is 35.0 Å². The average molecular weight is 849 g/mol. The summed E-state index contributed by atoms with van der Waals surface area (Å²) in [5.41, 5.74) is 0.449. The van der Waals surface area contributed by atoms with Gasteiger partial charge in [-0.05, 0) is 81.9 Å². The van der Waals surface area contributed by atoms with Crippen molar-refractivity contribution in [2.75, 3.05) is 35.0 Å². The van der Waals surface area contributed by atoms with Crippen LogP contribution in [0.2, 0.25) is 0 Å². The molecule has 1 aromatic heterocycles. The van der Waals surface area contributed by atoms with Crippen molar-refractivity contribution >= 4 is 0 Å². The largest absolute Gasteiger partial charge is 0.497 e. The molecule has 4 atom stereocenters. The van der Waals surface area contributed by atoms with Crippen molar-refractivity contribution in [2.45, 2.75) is 35.7 Å². The molecule has 1 aliphatic heterocycles. The molecule has 0 unspecified atom stereocenters. The number of nitrogens with zero attached hydrogens (tertiary/aromatic N) is 1. The SMILES string of the molecule is COc1ccc(C(OC[C@H]2O[C@@H](n3ccc(=O)[nH]c3=O)[C@H](OC(c3ccccc3)(c3ccc(OC)cc3)c3ccc(OC)cc3)[C@@H]2O)(c2ccccc2)c2ccc(OC)cc2)cc1. The molecule has 0 saturated carbocycles. The molecule has 63 heavy (non-hydrogen) atoms. The quantitative estimate of drug-likeness (QED) is 0.0960. The first kappa shape index (κ1) is 42.7. The Hall–Kier alpha value is -6.96. The highest BCUT2D eigenvalue weighted by molar-refractivity contribution is 5.51. The number of H-pyrrole nitrogens is 1. The van der Waals surface area contributed by atoms with Crippen LogP contribution in [0.3, 0.4) is 0 Å². The van der Waals surface area contributed by atoms with Crippen molar-refractivity contribution < 1.29 is 38.3 Å². The fraction of sp³-hybridized carbons (Fsp3) is 0.216. The van der Waals surface area contributed by atoms with Crippen molar-refractivity contribution in [2.24, 2.45) is 0 Å². The van der Waals surface area contributed by atoms with Crippen molar-refractivity contribution in [3.05, 3.63) is 224 Å². The molecule has 0 amide bonds. The monoisotopic (exact) mass is 848 g/mol. The standard InChI is InChI=1S/C51H48N2O10/c1-57-40-23-15-36(16-24-40)50(34-11-7-5-8-12-34,37-17-25-41(58-2)26-18-37)61-33-44-46(55)47(48(62-44)53-32-31-45(54)52-49(53)56)63-51(35-13-9-6-10-14-35,38-19-27-42(59-3)28-20-38)39-21-29-43(60-4)30-22-39/h5-32,44,46-48,55H,33H2,1-4H3,(H,52,54,56)/t44-,46-,47-,48-/m1/s1. The highest BCUT2D eigenvalue weighted by atomic mass is 16.6. The van der Waals surface area contributed by atoms with Gasteiger partial charge < -0.3 is 38.3 Å². The van der Waals surface area contributed by atoms with E-state index >= 15 is 0 Å². The molecule has 0 spiro atoms. The van der Waals surface area contributed by atoms with Gasteiger partial charge in [-0.15, -0.1) is 0 Å². The Morgan fingerprint density at radius 2 is 0.921 bits per heavy atom. The zero-order chi connectivity index (χ0) is 44.0. The van der Waals surface area contributed by atoms with Gasteiger partial charge >= 0.3 is 5.69 Å². The van der Waals surface area contributed by atoms with E-state index in [4.69, 9.17) is 33.2 Å². The number of aromatic nitrogens is 2. The molecule has 2 N–H and O–H groups in total. The smallest absolute Gasteiger partial charge is 0.330 e. The fourth-order valence-electron chi connectivity index (χ4n) is 8.35. The Kier molecular flexibility index (Phi) is 12.6. The molecular formula is C51H48N2O10. The van der Waals surface area contributed by atoms with E-state index in [2.05, 4.69) is 4.98 Å². The molecule has 0 aliphatic carbocycles. The summed E-state index contributed by atoms with van der Waals surface area (Å²) in [6.07, 6.45) is -3.66. The number of hydrogen-bond donors (Lipinski definition) is 2. The van der Waals surface area contributed by atoms with E-state index < -0.39 is 47.0 Å². The number of aliphatic hydroxyl groups excluding tert-OH is 1. The van der Waals surface area contributed by atoms with Crippen LogP contribution in [-0.2, 0) is 25.4 Å². The predicted molar refractivity (Wildman–Crippen MR) is 237 cm³/mol. The first-order chi connectivity index (χ1) is 30.7. The average Bonchev–Trinajstić information content (AvgIpc) is 3.64. The number of aromatic amines is 1. The maximum atomic E-state index is 13.7. The lowest BCUT2D eigenvalue weighted by atomic mass is 9.79. The molecule has 7 aromatic rings. The molecule has 12 heteroatoms. The van der Waals surface area contributed by atoms with Crippen LogP contribution < -0.4 is 30.2 Å². The number of hydrogen-bond acceptors (Lipinski definition) is 10. The van der Waals surface area contributed by atoms with Gasteiger partial charge in [0.25, 0.3) is 5.56 Å². The summed E-state index contributed by atoms with van der Waals surface area (Å²) in [5.74, 6) is 2.58. The number of aliphatic hydroxyl groups is 1. The second kappa shape index (κ2) is 18.6. The normalized spacial score (nSPS) is 17.5. The summed E-state index contributed by atoms with van der Waals surface area (Å²) < 4.78 is 44.8. The fourth-order valence-corrected chi connectivity index (χ4v) is 8.35. The zero-order valence-electron chi connectivity index (χ0n) is 35.3. The lowest BCUT2D eigenvalue weighted by Crippen LogP contribution is -2.46. The molecule has 0 bridgehead atoms. The Morgan fingerprint density at radius 3 is 1.32 bits per heavy atom. The lowest BCUT2D eigenvalue weighted by molar-refractivity contribution is -0.125. The van der Waals surface area contributed by atoms with Crippen molar-refractivity contribution in [3.63, 3.8) is 0 Å². The summed E-state index contributed by atoms with van der Waals surface area (Å²) in [5, 5.41) is 12.7. The van der Waals surface area contributed by atoms with Crippen LogP contribution >= 0.6 is 0 Å². The van der Waals surface area contributed by atoms with Gasteiger partial charge in [-0.1, -0.05) is 109 Å². The number of methoxy groups -OCH3 is 4. The van der Waals surface area contributed by atoms with E-state index in [-0.39, 0.29) is 6.61 Å². The summed E-state index contributed by atoms with van der Waals surface area (Å²) in [6.45, 7) is -0.189. The topological polar surface area (TPSA) is 140 Å². The van der Waals surface area contributed by atoms with E-state index in [1.807, 2.05) is 158 Å². The van der Waals surface area contributed by atoms with E-state index in [0.717, 1.165) is 22.3 Å². The third-order valence-corrected chi connectivity index (χ3v) is 11.6. The summed E-state index contributed by atoms with van der Waals surface area (Å²) in [6, 6.07) is 50.8. The zero-order valence-corrected chi connectivity index (χ0v) is 35.3. The van der Waals surface area contributed by atoms with Crippen LogP contribution in [0.1, 0.15) is 39.6 Å². The second-order valence-corrected chi connectivity index (χ2v) is 15.0. The van der Waals surface area contributed by atoms with Gasteiger partial charge in [-0.2, -0.15) is 0 Å². The first-order valence-corrected chi connectivity index (χ1v) is 20.4. The van der Waals surface area contributed by atoms with Gasteiger partial charge in [0.2, 0.25) is 0 Å². The van der Waals surface area contributed by atoms with Crippen LogP contribution in [0.5, 0.6) is 23.0 Å². The van der Waals surface area contributed by atoms with E-state index in [1.54, 1.807) is 28.4 Å². The summed E-state index contributed by atoms with van der Waals surface area (Å²) >= 11 is 0. The van der Waals surface area contributed by atoms with Crippen LogP contribution in [-0.4, -0.2) is 68.0 Å². The molecule has 1 fully saturated rings. The number of nitrogens with one attached hydrogen (secondary N) is 1. The number of ether oxygens (including phenoxy) is 7. The third-order valence-electron chi connectivity index (χ3n) is 11.6. The summed E-state index contributed by atoms with van der Waals surface area (Å²) in [4.78, 5) is 28.4. The lowest BCUT2D eigenvalue weighted by Gasteiger charge is -2.40. The molecule has 2 heterocycles. The van der Waals surface area contributed by atoms with Crippen LogP contribution in [0.25, 0.3) is 0 Å². The molecular weight excluding hydrogens is 801 g/mol. The van der Waals surface area contributed by atoms with Crippen molar-refractivity contribution in [1.82, 2.24) is 9.55 Å². The molecule has 1 saturated heterocycles. The van der Waals surface area contributed by atoms with Gasteiger partial charge in [-0.25, -0.2) is 4.79 Å². The minimum Gasteiger partial charge on any atom is -0.497 e. The van der Waals surface area contributed by atoms with Crippen LogP contribution in [0.4, 0.5) is 0 Å². The highest BCUT2D eigenvalue weighted by Gasteiger charge is 2.52. The van der Waals surface area contributed by atoms with Crippen molar-refractivity contribution in [3.8, 4) is 23.0 Å². The molecule has 0 radical (unpaired) electrons. The molecule has 322 valence electrons. The molecule has 1 aliphatic rings. The maximum absolute atomic E-state index is 13.7. The minimum absolute atomic E-state index is 0.189. The molecule has 12 nitrogen and oxygen atoms in total.